The third-order valence-electron chi connectivity index (χ3n) is 2.70. The van der Waals surface area contributed by atoms with Crippen LogP contribution in [0.15, 0.2) is 0 Å². The summed E-state index contributed by atoms with van der Waals surface area (Å²) < 4.78 is 0. The molecule has 0 fully saturated rings. The zero-order chi connectivity index (χ0) is 11.1. The maximum absolute atomic E-state index is 10.3. The highest BCUT2D eigenvalue weighted by atomic mass is 28.3. The van der Waals surface area contributed by atoms with Crippen molar-refractivity contribution in [2.75, 3.05) is 0 Å². The van der Waals surface area contributed by atoms with E-state index in [0.717, 1.165) is 0 Å². The summed E-state index contributed by atoms with van der Waals surface area (Å²) >= 11 is 0. The first-order valence-electron chi connectivity index (χ1n) is 4.72. The van der Waals surface area contributed by atoms with Crippen LogP contribution in [-0.4, -0.2) is 31.8 Å². The highest BCUT2D eigenvalue weighted by molar-refractivity contribution is 7.08. The molecule has 0 heterocycles. The monoisotopic (exact) mass is 217 g/mol. The first kappa shape index (κ1) is 13.1. The van der Waals surface area contributed by atoms with Crippen LogP contribution in [0.1, 0.15) is 6.92 Å². The van der Waals surface area contributed by atoms with E-state index in [1.807, 2.05) is 6.92 Å². The summed E-state index contributed by atoms with van der Waals surface area (Å²) in [4.78, 5) is 0. The zero-order valence-corrected chi connectivity index (χ0v) is 11.9. The number of hydrogen-bond donors (Lipinski definition) is 2. The smallest absolute Gasteiger partial charge is 0.0983 e. The molecule has 78 valence electrons. The average molecular weight is 217 g/mol. The maximum Gasteiger partial charge on any atom is 0.0983 e. The molecule has 1 unspecified atom stereocenters. The van der Waals surface area contributed by atoms with Crippen molar-refractivity contribution in [3.63, 3.8) is 0 Å². The van der Waals surface area contributed by atoms with Crippen LogP contribution in [0.2, 0.25) is 39.3 Å². The van der Waals surface area contributed by atoms with Gasteiger partial charge in [-0.25, -0.2) is 0 Å². The van der Waals surface area contributed by atoms with E-state index < -0.39 is 21.4 Å². The van der Waals surface area contributed by atoms with Gasteiger partial charge in [0.2, 0.25) is 0 Å². The van der Waals surface area contributed by atoms with Crippen molar-refractivity contribution < 1.29 is 5.11 Å². The minimum Gasteiger partial charge on any atom is -0.388 e. The minimum absolute atomic E-state index is 0.596. The predicted molar refractivity (Wildman–Crippen MR) is 65.0 cm³/mol. The molecule has 4 heteroatoms. The molecular formula is C9H23NOSi2. The van der Waals surface area contributed by atoms with Crippen LogP contribution in [0.25, 0.3) is 0 Å². The van der Waals surface area contributed by atoms with Gasteiger partial charge >= 0.3 is 0 Å². The van der Waals surface area contributed by atoms with Crippen LogP contribution in [0.3, 0.4) is 0 Å². The molecule has 1 atom stereocenters. The summed E-state index contributed by atoms with van der Waals surface area (Å²) in [5, 5.41) is 18.1. The molecule has 0 aliphatic carbocycles. The maximum atomic E-state index is 10.3. The third kappa shape index (κ3) is 2.75. The molecule has 13 heavy (non-hydrogen) atoms. The molecule has 0 aliphatic heterocycles. The van der Waals surface area contributed by atoms with Crippen molar-refractivity contribution >= 4 is 21.5 Å². The van der Waals surface area contributed by atoms with Gasteiger partial charge in [0.1, 0.15) is 0 Å². The highest BCUT2D eigenvalue weighted by Crippen LogP contribution is 2.25. The fourth-order valence-corrected chi connectivity index (χ4v) is 5.57. The summed E-state index contributed by atoms with van der Waals surface area (Å²) in [6.07, 6.45) is 0. The van der Waals surface area contributed by atoms with Crippen LogP contribution >= 0.6 is 0 Å². The second-order valence-corrected chi connectivity index (χ2v) is 16.4. The fourth-order valence-electron chi connectivity index (χ4n) is 1.11. The van der Waals surface area contributed by atoms with Gasteiger partial charge in [0, 0.05) is 5.33 Å². The molecular weight excluding hydrogens is 194 g/mol. The van der Waals surface area contributed by atoms with Gasteiger partial charge in [-0.2, -0.15) is 0 Å². The van der Waals surface area contributed by atoms with Crippen LogP contribution < -0.4 is 0 Å². The first-order chi connectivity index (χ1) is 5.40. The van der Waals surface area contributed by atoms with Gasteiger partial charge in [0.05, 0.1) is 21.4 Å². The van der Waals surface area contributed by atoms with Gasteiger partial charge in [-0.1, -0.05) is 39.3 Å². The average Bonchev–Trinajstić information content (AvgIpc) is 1.81. The van der Waals surface area contributed by atoms with Crippen molar-refractivity contribution in [2.24, 2.45) is 0 Å². The second-order valence-electron chi connectivity index (χ2n) is 5.95. The Morgan fingerprint density at radius 2 is 1.38 bits per heavy atom. The van der Waals surface area contributed by atoms with Crippen LogP contribution in [0.4, 0.5) is 0 Å². The van der Waals surface area contributed by atoms with E-state index in [1.165, 1.54) is 0 Å². The molecule has 0 bridgehead atoms. The Bertz CT molecular complexity index is 211. The fraction of sp³-hybridized carbons (Fsp3) is 0.889. The summed E-state index contributed by atoms with van der Waals surface area (Å²) in [6, 6.07) is 0. The highest BCUT2D eigenvalue weighted by Gasteiger charge is 2.45. The summed E-state index contributed by atoms with van der Waals surface area (Å²) in [5.41, 5.74) is 0. The molecule has 2 nitrogen and oxygen atoms in total. The van der Waals surface area contributed by atoms with E-state index in [2.05, 4.69) is 39.3 Å². The quantitative estimate of drug-likeness (QED) is 0.554. The van der Waals surface area contributed by atoms with Crippen molar-refractivity contribution in [3.05, 3.63) is 0 Å². The summed E-state index contributed by atoms with van der Waals surface area (Å²) in [5.74, 6) is 0. The minimum atomic E-state index is -1.69. The first-order valence-corrected chi connectivity index (χ1v) is 11.7. The Balaban J connectivity index is 4.98. The topological polar surface area (TPSA) is 44.1 Å². The van der Waals surface area contributed by atoms with Crippen molar-refractivity contribution in [3.8, 4) is 0 Å². The normalized spacial score (nSPS) is 18.2. The predicted octanol–water partition coefficient (Wildman–Crippen LogP) is 2.51. The Kier molecular flexibility index (Phi) is 3.34. The van der Waals surface area contributed by atoms with Crippen LogP contribution in [0.5, 0.6) is 0 Å². The van der Waals surface area contributed by atoms with Gasteiger partial charge in [-0.15, -0.1) is 0 Å². The number of hydrogen-bond acceptors (Lipinski definition) is 2. The van der Waals surface area contributed by atoms with E-state index in [0.29, 0.717) is 5.33 Å². The molecule has 0 rings (SSSR count). The van der Waals surface area contributed by atoms with Gasteiger partial charge in [0.25, 0.3) is 0 Å². The summed E-state index contributed by atoms with van der Waals surface area (Å²) in [7, 11) is -3.33. The third-order valence-corrected chi connectivity index (χ3v) is 8.10. The molecule has 2 N–H and O–H groups in total. The van der Waals surface area contributed by atoms with E-state index in [1.54, 1.807) is 0 Å². The van der Waals surface area contributed by atoms with Crippen molar-refractivity contribution in [1.82, 2.24) is 0 Å². The van der Waals surface area contributed by atoms with E-state index in [4.69, 9.17) is 5.41 Å². The molecule has 0 spiro atoms. The molecule has 0 amide bonds. The number of rotatable bonds is 3. The number of aliphatic hydroxyl groups is 1. The van der Waals surface area contributed by atoms with Crippen LogP contribution in [-0.2, 0) is 0 Å². The number of nitrogens with one attached hydrogen (secondary N) is 1. The zero-order valence-electron chi connectivity index (χ0n) is 9.95. The van der Waals surface area contributed by atoms with E-state index in [-0.39, 0.29) is 0 Å². The molecule has 0 radical (unpaired) electrons. The Labute approximate surface area is 83.9 Å². The molecule has 0 aliphatic rings. The van der Waals surface area contributed by atoms with Gasteiger partial charge in [0.15, 0.2) is 0 Å². The lowest BCUT2D eigenvalue weighted by Gasteiger charge is -2.40. The lowest BCUT2D eigenvalue weighted by atomic mass is 10.4. The lowest BCUT2D eigenvalue weighted by molar-refractivity contribution is 0.208. The van der Waals surface area contributed by atoms with E-state index in [9.17, 15) is 5.11 Å². The Hall–Kier alpha value is 0.0638. The second kappa shape index (κ2) is 3.33. The Morgan fingerprint density at radius 3 is 1.46 bits per heavy atom. The standard InChI is InChI=1S/C9H23NOSi2/c1-9(11,13(5,6)7)8(10)12(2,3)4/h10-11H,1-7H3. The van der Waals surface area contributed by atoms with Crippen LogP contribution in [0, 0.1) is 5.41 Å². The van der Waals surface area contributed by atoms with Gasteiger partial charge < -0.3 is 10.5 Å². The van der Waals surface area contributed by atoms with Crippen molar-refractivity contribution in [2.45, 2.75) is 51.4 Å². The van der Waals surface area contributed by atoms with Crippen molar-refractivity contribution in [1.29, 1.82) is 5.41 Å². The SMILES string of the molecule is CC(O)(C(=N)[Si](C)(C)C)[Si](C)(C)C. The summed E-state index contributed by atoms with van der Waals surface area (Å²) in [6.45, 7) is 14.5. The molecule has 0 aromatic rings. The Morgan fingerprint density at radius 1 is 1.08 bits per heavy atom. The molecule has 0 saturated carbocycles. The van der Waals surface area contributed by atoms with Gasteiger partial charge in [-0.05, 0) is 6.92 Å². The lowest BCUT2D eigenvalue weighted by Crippen LogP contribution is -2.61. The molecule has 0 aromatic heterocycles. The molecule has 0 aromatic carbocycles. The van der Waals surface area contributed by atoms with E-state index >= 15 is 0 Å². The largest absolute Gasteiger partial charge is 0.388 e. The van der Waals surface area contributed by atoms with Gasteiger partial charge in [-0.3, -0.25) is 0 Å². The molecule has 0 saturated heterocycles.